The Morgan fingerprint density at radius 2 is 1.77 bits per heavy atom. The molecule has 3 aromatic carbocycles. The molecule has 30 heavy (non-hydrogen) atoms. The second-order valence-electron chi connectivity index (χ2n) is 7.33. The number of rotatable bonds is 6. The smallest absolute Gasteiger partial charge is 0.310 e. The Bertz CT molecular complexity index is 1070. The number of hydrogen-bond donors (Lipinski definition) is 1. The Kier molecular flexibility index (Phi) is 5.75. The fraction of sp³-hybridized carbons (Fsp3) is 0.208. The third-order valence-electron chi connectivity index (χ3n) is 5.34. The van der Waals surface area contributed by atoms with Crippen LogP contribution in [0.15, 0.2) is 72.8 Å². The first-order valence-electron chi connectivity index (χ1n) is 9.91. The van der Waals surface area contributed by atoms with Crippen molar-refractivity contribution in [2.45, 2.75) is 25.4 Å². The summed E-state index contributed by atoms with van der Waals surface area (Å²) in [4.78, 5) is 23.7. The molecular formula is C24H22N2O4. The van der Waals surface area contributed by atoms with Crippen LogP contribution in [-0.4, -0.2) is 17.4 Å². The zero-order valence-electron chi connectivity index (χ0n) is 16.4. The Hall–Kier alpha value is -3.67. The number of amides is 1. The number of benzene rings is 3. The van der Waals surface area contributed by atoms with E-state index in [1.807, 2.05) is 54.6 Å². The lowest BCUT2D eigenvalue weighted by Crippen LogP contribution is -2.29. The summed E-state index contributed by atoms with van der Waals surface area (Å²) in [6, 6.07) is 22.3. The number of nitrogens with zero attached hydrogens (tertiary/aromatic N) is 1. The number of hydrogen-bond acceptors (Lipinski definition) is 4. The molecule has 1 aliphatic heterocycles. The van der Waals surface area contributed by atoms with Gasteiger partial charge in [0, 0.05) is 12.6 Å². The molecule has 6 heteroatoms. The molecule has 0 bridgehead atoms. The van der Waals surface area contributed by atoms with Crippen molar-refractivity contribution in [1.82, 2.24) is 5.32 Å². The standard InChI is InChI=1S/C24H22N2O4/c27-24-21(20-9-5-4-8-19(20)12-13-25-24)14-18-10-11-22(26(28)29)23(15-18)30-16-17-6-2-1-3-7-17/h1-11,15,21H,12-14,16H2,(H,25,27). The van der Waals surface area contributed by atoms with Crippen LogP contribution in [0.1, 0.15) is 28.2 Å². The predicted octanol–water partition coefficient (Wildman–Crippen LogP) is 4.17. The van der Waals surface area contributed by atoms with Crippen molar-refractivity contribution in [2.75, 3.05) is 6.54 Å². The van der Waals surface area contributed by atoms with Crippen LogP contribution < -0.4 is 10.1 Å². The van der Waals surface area contributed by atoms with Crippen LogP contribution in [0.5, 0.6) is 5.75 Å². The van der Waals surface area contributed by atoms with Gasteiger partial charge in [-0.25, -0.2) is 0 Å². The van der Waals surface area contributed by atoms with Gasteiger partial charge in [-0.2, -0.15) is 0 Å². The van der Waals surface area contributed by atoms with Crippen LogP contribution in [0.25, 0.3) is 0 Å². The minimum absolute atomic E-state index is 0.0231. The van der Waals surface area contributed by atoms with E-state index in [2.05, 4.69) is 5.32 Å². The maximum atomic E-state index is 12.7. The number of ether oxygens (including phenoxy) is 1. The van der Waals surface area contributed by atoms with Gasteiger partial charge in [-0.1, -0.05) is 60.7 Å². The molecule has 4 rings (SSSR count). The van der Waals surface area contributed by atoms with Gasteiger partial charge >= 0.3 is 5.69 Å². The van der Waals surface area contributed by atoms with Gasteiger partial charge in [0.2, 0.25) is 5.91 Å². The molecule has 1 heterocycles. The minimum Gasteiger partial charge on any atom is -0.482 e. The summed E-state index contributed by atoms with van der Waals surface area (Å²) < 4.78 is 5.79. The van der Waals surface area contributed by atoms with Crippen LogP contribution in [0.3, 0.4) is 0 Å². The van der Waals surface area contributed by atoms with Crippen molar-refractivity contribution in [3.8, 4) is 5.75 Å². The molecule has 3 aromatic rings. The third kappa shape index (κ3) is 4.33. The van der Waals surface area contributed by atoms with Gasteiger partial charge < -0.3 is 10.1 Å². The summed E-state index contributed by atoms with van der Waals surface area (Å²) in [5.74, 6) is -0.152. The highest BCUT2D eigenvalue weighted by atomic mass is 16.6. The van der Waals surface area contributed by atoms with Gasteiger partial charge in [-0.3, -0.25) is 14.9 Å². The molecule has 1 aliphatic rings. The number of nitro groups is 1. The Morgan fingerprint density at radius 3 is 2.57 bits per heavy atom. The van der Waals surface area contributed by atoms with E-state index >= 15 is 0 Å². The van der Waals surface area contributed by atoms with E-state index < -0.39 is 4.92 Å². The highest BCUT2D eigenvalue weighted by Gasteiger charge is 2.27. The number of carbonyl (C=O) groups excluding carboxylic acids is 1. The van der Waals surface area contributed by atoms with Crippen molar-refractivity contribution in [2.24, 2.45) is 0 Å². The Labute approximate surface area is 174 Å². The molecule has 1 unspecified atom stereocenters. The molecule has 1 atom stereocenters. The van der Waals surface area contributed by atoms with E-state index in [9.17, 15) is 14.9 Å². The number of nitro benzene ring substituents is 1. The van der Waals surface area contributed by atoms with Crippen LogP contribution >= 0.6 is 0 Å². The first-order chi connectivity index (χ1) is 14.6. The van der Waals surface area contributed by atoms with Crippen molar-refractivity contribution >= 4 is 11.6 Å². The molecule has 1 N–H and O–H groups in total. The Balaban J connectivity index is 1.61. The SMILES string of the molecule is O=C1NCCc2ccccc2C1Cc1ccc([N+](=O)[O-])c(OCc2ccccc2)c1. The molecule has 0 radical (unpaired) electrons. The van der Waals surface area contributed by atoms with Crippen LogP contribution in [-0.2, 0) is 24.2 Å². The van der Waals surface area contributed by atoms with Gasteiger partial charge in [0.25, 0.3) is 0 Å². The summed E-state index contributed by atoms with van der Waals surface area (Å²) >= 11 is 0. The first-order valence-corrected chi connectivity index (χ1v) is 9.91. The van der Waals surface area contributed by atoms with Gasteiger partial charge in [-0.05, 0) is 41.2 Å². The molecule has 1 amide bonds. The normalized spacial score (nSPS) is 15.6. The van der Waals surface area contributed by atoms with Crippen LogP contribution in [0.2, 0.25) is 0 Å². The fourth-order valence-corrected chi connectivity index (χ4v) is 3.81. The molecule has 0 saturated carbocycles. The van der Waals surface area contributed by atoms with Gasteiger partial charge in [0.15, 0.2) is 5.75 Å². The summed E-state index contributed by atoms with van der Waals surface area (Å²) in [5, 5.41) is 14.4. The average Bonchev–Trinajstić information content (AvgIpc) is 2.92. The second-order valence-corrected chi connectivity index (χ2v) is 7.33. The van der Waals surface area contributed by atoms with E-state index in [1.54, 1.807) is 12.1 Å². The van der Waals surface area contributed by atoms with E-state index in [1.165, 1.54) is 6.07 Å². The summed E-state index contributed by atoms with van der Waals surface area (Å²) in [6.45, 7) is 0.843. The lowest BCUT2D eigenvalue weighted by molar-refractivity contribution is -0.386. The molecule has 0 aliphatic carbocycles. The molecule has 0 saturated heterocycles. The molecule has 6 nitrogen and oxygen atoms in total. The lowest BCUT2D eigenvalue weighted by atomic mass is 9.88. The number of fused-ring (bicyclic) bond motifs is 1. The van der Waals surface area contributed by atoms with Crippen molar-refractivity contribution in [1.29, 1.82) is 0 Å². The van der Waals surface area contributed by atoms with Gasteiger partial charge in [0.05, 0.1) is 10.8 Å². The molecule has 0 aromatic heterocycles. The summed E-state index contributed by atoms with van der Waals surface area (Å²) in [7, 11) is 0. The van der Waals surface area contributed by atoms with Crippen molar-refractivity contribution in [3.05, 3.63) is 105 Å². The highest BCUT2D eigenvalue weighted by Crippen LogP contribution is 2.32. The summed E-state index contributed by atoms with van der Waals surface area (Å²) in [5.41, 5.74) is 3.83. The van der Waals surface area contributed by atoms with E-state index in [0.29, 0.717) is 13.0 Å². The topological polar surface area (TPSA) is 81.5 Å². The van der Waals surface area contributed by atoms with Crippen molar-refractivity contribution < 1.29 is 14.5 Å². The summed E-state index contributed by atoms with van der Waals surface area (Å²) in [6.07, 6.45) is 1.24. The highest BCUT2D eigenvalue weighted by molar-refractivity contribution is 5.85. The number of nitrogens with one attached hydrogen (secondary N) is 1. The monoisotopic (exact) mass is 402 g/mol. The lowest BCUT2D eigenvalue weighted by Gasteiger charge is -2.17. The van der Waals surface area contributed by atoms with Gasteiger partial charge in [-0.15, -0.1) is 0 Å². The zero-order chi connectivity index (χ0) is 20.9. The zero-order valence-corrected chi connectivity index (χ0v) is 16.4. The molecule has 0 spiro atoms. The van der Waals surface area contributed by atoms with E-state index in [4.69, 9.17) is 4.74 Å². The first kappa shape index (κ1) is 19.6. The average molecular weight is 402 g/mol. The molecular weight excluding hydrogens is 380 g/mol. The number of carbonyl (C=O) groups is 1. The maximum absolute atomic E-state index is 12.7. The van der Waals surface area contributed by atoms with Crippen LogP contribution in [0.4, 0.5) is 5.69 Å². The maximum Gasteiger partial charge on any atom is 0.310 e. The Morgan fingerprint density at radius 1 is 1.00 bits per heavy atom. The van der Waals surface area contributed by atoms with Crippen LogP contribution in [0, 0.1) is 10.1 Å². The van der Waals surface area contributed by atoms with Crippen molar-refractivity contribution in [3.63, 3.8) is 0 Å². The van der Waals surface area contributed by atoms with Gasteiger partial charge in [0.1, 0.15) is 6.61 Å². The predicted molar refractivity (Wildman–Crippen MR) is 113 cm³/mol. The molecule has 152 valence electrons. The van der Waals surface area contributed by atoms with E-state index in [-0.39, 0.29) is 29.9 Å². The third-order valence-corrected chi connectivity index (χ3v) is 5.34. The fourth-order valence-electron chi connectivity index (χ4n) is 3.81. The minimum atomic E-state index is -0.447. The quantitative estimate of drug-likeness (QED) is 0.496. The van der Waals surface area contributed by atoms with E-state index in [0.717, 1.165) is 28.7 Å². The molecule has 0 fully saturated rings. The largest absolute Gasteiger partial charge is 0.482 e. The second kappa shape index (κ2) is 8.78.